The monoisotopic (exact) mass is 184 g/mol. The molecule has 3 aromatic rings. The van der Waals surface area contributed by atoms with Gasteiger partial charge in [0, 0.05) is 36.0 Å². The molecule has 3 rings (SSSR count). The van der Waals surface area contributed by atoms with Crippen LogP contribution in [0.1, 0.15) is 5.69 Å². The van der Waals surface area contributed by atoms with Gasteiger partial charge in [0.25, 0.3) is 0 Å². The van der Waals surface area contributed by atoms with Crippen LogP contribution in [0.2, 0.25) is 0 Å². The third-order valence-electron chi connectivity index (χ3n) is 2.95. The number of aromatic nitrogens is 2. The van der Waals surface area contributed by atoms with Gasteiger partial charge in [-0.2, -0.15) is 0 Å². The summed E-state index contributed by atoms with van der Waals surface area (Å²) in [6.45, 7) is 2.15. The molecule has 0 aliphatic carbocycles. The van der Waals surface area contributed by atoms with Crippen molar-refractivity contribution in [3.05, 3.63) is 42.4 Å². The normalized spacial score (nSPS) is 11.6. The van der Waals surface area contributed by atoms with E-state index < -0.39 is 0 Å². The zero-order valence-electron chi connectivity index (χ0n) is 8.36. The van der Waals surface area contributed by atoms with Gasteiger partial charge in [-0.3, -0.25) is 0 Å². The van der Waals surface area contributed by atoms with Crippen LogP contribution >= 0.6 is 0 Å². The zero-order valence-corrected chi connectivity index (χ0v) is 8.36. The van der Waals surface area contributed by atoms with Gasteiger partial charge in [-0.25, -0.2) is 0 Å². The summed E-state index contributed by atoms with van der Waals surface area (Å²) >= 11 is 0. The van der Waals surface area contributed by atoms with E-state index in [9.17, 15) is 0 Å². The SMILES string of the molecule is Cc1c2cc3ccccn3c2cn1C. The summed E-state index contributed by atoms with van der Waals surface area (Å²) in [5, 5.41) is 1.35. The fourth-order valence-electron chi connectivity index (χ4n) is 2.04. The lowest BCUT2D eigenvalue weighted by Crippen LogP contribution is -1.87. The average Bonchev–Trinajstić information content (AvgIpc) is 2.67. The maximum atomic E-state index is 2.24. The Morgan fingerprint density at radius 3 is 2.93 bits per heavy atom. The van der Waals surface area contributed by atoms with Crippen molar-refractivity contribution >= 4 is 16.4 Å². The molecule has 0 aromatic carbocycles. The van der Waals surface area contributed by atoms with Crippen LogP contribution in [-0.2, 0) is 7.05 Å². The van der Waals surface area contributed by atoms with Gasteiger partial charge in [-0.05, 0) is 25.1 Å². The topological polar surface area (TPSA) is 9.34 Å². The summed E-state index contributed by atoms with van der Waals surface area (Å²) in [5.74, 6) is 0. The lowest BCUT2D eigenvalue weighted by Gasteiger charge is -1.95. The molecule has 0 saturated heterocycles. The molecule has 70 valence electrons. The van der Waals surface area contributed by atoms with Gasteiger partial charge in [0.1, 0.15) is 0 Å². The molecule has 0 spiro atoms. The minimum absolute atomic E-state index is 1.27. The van der Waals surface area contributed by atoms with E-state index in [4.69, 9.17) is 0 Å². The fraction of sp³-hybridized carbons (Fsp3) is 0.167. The molecular weight excluding hydrogens is 172 g/mol. The van der Waals surface area contributed by atoms with Gasteiger partial charge in [0.2, 0.25) is 0 Å². The Morgan fingerprint density at radius 2 is 2.07 bits per heavy atom. The van der Waals surface area contributed by atoms with Crippen LogP contribution in [0.4, 0.5) is 0 Å². The summed E-state index contributed by atoms with van der Waals surface area (Å²) in [6.07, 6.45) is 4.29. The highest BCUT2D eigenvalue weighted by Crippen LogP contribution is 2.24. The van der Waals surface area contributed by atoms with Crippen LogP contribution in [0.25, 0.3) is 16.4 Å². The third-order valence-corrected chi connectivity index (χ3v) is 2.95. The highest BCUT2D eigenvalue weighted by Gasteiger charge is 2.07. The minimum Gasteiger partial charge on any atom is -0.352 e. The molecule has 0 amide bonds. The third kappa shape index (κ3) is 0.803. The van der Waals surface area contributed by atoms with Gasteiger partial charge < -0.3 is 8.97 Å². The Bertz CT molecular complexity index is 614. The van der Waals surface area contributed by atoms with E-state index in [1.807, 2.05) is 0 Å². The summed E-state index contributed by atoms with van der Waals surface area (Å²) in [5.41, 5.74) is 3.88. The quantitative estimate of drug-likeness (QED) is 0.508. The van der Waals surface area contributed by atoms with E-state index in [2.05, 4.69) is 59.6 Å². The number of rotatable bonds is 0. The summed E-state index contributed by atoms with van der Waals surface area (Å²) in [7, 11) is 2.09. The highest BCUT2D eigenvalue weighted by atomic mass is 15.0. The Hall–Kier alpha value is -1.70. The van der Waals surface area contributed by atoms with Crippen molar-refractivity contribution in [1.82, 2.24) is 8.97 Å². The van der Waals surface area contributed by atoms with Crippen molar-refractivity contribution in [3.63, 3.8) is 0 Å². The standard InChI is InChI=1S/C12H12N2/c1-9-11-7-10-5-3-4-6-14(10)12(11)8-13(9)2/h3-8H,1-2H3. The molecule has 0 N–H and O–H groups in total. The molecule has 2 heteroatoms. The van der Waals surface area contributed by atoms with Crippen molar-refractivity contribution < 1.29 is 0 Å². The molecule has 0 unspecified atom stereocenters. The van der Waals surface area contributed by atoms with E-state index in [1.165, 1.54) is 22.1 Å². The molecule has 0 radical (unpaired) electrons. The molecule has 3 aromatic heterocycles. The molecule has 0 aliphatic heterocycles. The Kier molecular flexibility index (Phi) is 1.32. The van der Waals surface area contributed by atoms with E-state index in [1.54, 1.807) is 0 Å². The van der Waals surface area contributed by atoms with Crippen molar-refractivity contribution in [1.29, 1.82) is 0 Å². The van der Waals surface area contributed by atoms with E-state index in [-0.39, 0.29) is 0 Å². The molecule has 3 heterocycles. The van der Waals surface area contributed by atoms with Crippen LogP contribution in [-0.4, -0.2) is 8.97 Å². The smallest absolute Gasteiger partial charge is 0.0708 e. The number of hydrogen-bond donors (Lipinski definition) is 0. The van der Waals surface area contributed by atoms with Crippen molar-refractivity contribution in [2.45, 2.75) is 6.92 Å². The first kappa shape index (κ1) is 7.68. The van der Waals surface area contributed by atoms with Crippen LogP contribution in [0, 0.1) is 6.92 Å². The number of aryl methyl sites for hydroxylation is 2. The summed E-state index contributed by atoms with van der Waals surface area (Å²) < 4.78 is 4.40. The zero-order chi connectivity index (χ0) is 9.71. The Morgan fingerprint density at radius 1 is 1.21 bits per heavy atom. The second-order valence-electron chi connectivity index (χ2n) is 3.76. The van der Waals surface area contributed by atoms with Crippen molar-refractivity contribution in [2.24, 2.45) is 7.05 Å². The minimum atomic E-state index is 1.27. The lowest BCUT2D eigenvalue weighted by molar-refractivity contribution is 0.886. The van der Waals surface area contributed by atoms with Crippen LogP contribution in [0.5, 0.6) is 0 Å². The van der Waals surface area contributed by atoms with Gasteiger partial charge in [0.05, 0.1) is 5.52 Å². The summed E-state index contributed by atoms with van der Waals surface area (Å²) in [4.78, 5) is 0. The second-order valence-corrected chi connectivity index (χ2v) is 3.76. The molecule has 0 fully saturated rings. The van der Waals surface area contributed by atoms with E-state index in [0.717, 1.165) is 0 Å². The summed E-state index contributed by atoms with van der Waals surface area (Å²) in [6, 6.07) is 8.52. The average molecular weight is 184 g/mol. The number of fused-ring (bicyclic) bond motifs is 3. The Labute approximate surface area is 82.4 Å². The highest BCUT2D eigenvalue weighted by molar-refractivity contribution is 5.89. The van der Waals surface area contributed by atoms with Gasteiger partial charge in [0.15, 0.2) is 0 Å². The molecule has 0 aliphatic rings. The maximum absolute atomic E-state index is 2.24. The first-order valence-electron chi connectivity index (χ1n) is 4.79. The lowest BCUT2D eigenvalue weighted by atomic mass is 10.3. The fourth-order valence-corrected chi connectivity index (χ4v) is 2.04. The van der Waals surface area contributed by atoms with Gasteiger partial charge in [-0.15, -0.1) is 0 Å². The van der Waals surface area contributed by atoms with Gasteiger partial charge >= 0.3 is 0 Å². The molecule has 2 nitrogen and oxygen atoms in total. The van der Waals surface area contributed by atoms with Gasteiger partial charge in [-0.1, -0.05) is 6.07 Å². The van der Waals surface area contributed by atoms with Crippen molar-refractivity contribution in [2.75, 3.05) is 0 Å². The first-order valence-corrected chi connectivity index (χ1v) is 4.79. The van der Waals surface area contributed by atoms with Crippen molar-refractivity contribution in [3.8, 4) is 0 Å². The number of hydrogen-bond acceptors (Lipinski definition) is 0. The first-order chi connectivity index (χ1) is 6.77. The van der Waals surface area contributed by atoms with E-state index >= 15 is 0 Å². The molecule has 0 bridgehead atoms. The largest absolute Gasteiger partial charge is 0.352 e. The predicted octanol–water partition coefficient (Wildman–Crippen LogP) is 2.74. The Balaban J connectivity index is 2.60. The van der Waals surface area contributed by atoms with Crippen LogP contribution in [0.3, 0.4) is 0 Å². The molecular formula is C12H12N2. The molecule has 14 heavy (non-hydrogen) atoms. The predicted molar refractivity (Wildman–Crippen MR) is 58.6 cm³/mol. The van der Waals surface area contributed by atoms with Crippen LogP contribution < -0.4 is 0 Å². The van der Waals surface area contributed by atoms with Crippen LogP contribution in [0.15, 0.2) is 36.7 Å². The number of nitrogens with zero attached hydrogens (tertiary/aromatic N) is 2. The maximum Gasteiger partial charge on any atom is 0.0708 e. The van der Waals surface area contributed by atoms with E-state index in [0.29, 0.717) is 0 Å². The second kappa shape index (κ2) is 2.41. The molecule has 0 atom stereocenters. The molecule has 0 saturated carbocycles. The number of pyridine rings is 1.